The summed E-state index contributed by atoms with van der Waals surface area (Å²) < 4.78 is 4.18. The highest BCUT2D eigenvalue weighted by molar-refractivity contribution is 5.94. The minimum atomic E-state index is 0.138. The zero-order valence-corrected chi connectivity index (χ0v) is 13.5. The Kier molecular flexibility index (Phi) is 4.05. The first-order chi connectivity index (χ1) is 10.7. The second-order valence-electron chi connectivity index (χ2n) is 5.88. The fourth-order valence-corrected chi connectivity index (χ4v) is 3.52. The molecule has 2 heterocycles. The van der Waals surface area contributed by atoms with Crippen LogP contribution < -0.4 is 10.3 Å². The largest absolute Gasteiger partial charge is 0.395 e. The smallest absolute Gasteiger partial charge is 0.349 e. The fourth-order valence-electron chi connectivity index (χ4n) is 3.52. The van der Waals surface area contributed by atoms with Gasteiger partial charge in [0.2, 0.25) is 0 Å². The number of fused-ring (bicyclic) bond motifs is 1. The average Bonchev–Trinajstić information content (AvgIpc) is 2.89. The van der Waals surface area contributed by atoms with Gasteiger partial charge in [-0.05, 0) is 45.2 Å². The van der Waals surface area contributed by atoms with Gasteiger partial charge in [-0.1, -0.05) is 6.07 Å². The van der Waals surface area contributed by atoms with Crippen molar-refractivity contribution in [1.29, 1.82) is 0 Å². The highest BCUT2D eigenvalue weighted by Crippen LogP contribution is 2.22. The Morgan fingerprint density at radius 1 is 1.23 bits per heavy atom. The van der Waals surface area contributed by atoms with Crippen molar-refractivity contribution in [1.82, 2.24) is 9.47 Å². The Hall–Kier alpha value is -2.04. The monoisotopic (exact) mass is 301 g/mol. The van der Waals surface area contributed by atoms with E-state index in [-0.39, 0.29) is 5.91 Å². The molecule has 0 spiro atoms. The van der Waals surface area contributed by atoms with E-state index < -0.39 is 0 Å². The van der Waals surface area contributed by atoms with E-state index in [2.05, 4.69) is 23.0 Å². The summed E-state index contributed by atoms with van der Waals surface area (Å²) in [7, 11) is 0. The van der Waals surface area contributed by atoms with Crippen LogP contribution >= 0.6 is 0 Å². The fraction of sp³-hybridized carbons (Fsp3) is 0.529. The predicted molar refractivity (Wildman–Crippen MR) is 87.6 cm³/mol. The maximum atomic E-state index is 13.1. The van der Waals surface area contributed by atoms with Gasteiger partial charge in [-0.15, -0.1) is 0 Å². The number of carbonyl (C=O) groups excluding carboxylic acids is 1. The minimum Gasteiger partial charge on any atom is -0.395 e. The first-order valence-corrected chi connectivity index (χ1v) is 8.28. The van der Waals surface area contributed by atoms with E-state index in [1.165, 1.54) is 6.42 Å². The zero-order valence-electron chi connectivity index (χ0n) is 13.5. The molecule has 0 atom stereocenters. The summed E-state index contributed by atoms with van der Waals surface area (Å²) in [5, 5.41) is 0. The maximum absolute atomic E-state index is 13.1. The van der Waals surface area contributed by atoms with Gasteiger partial charge in [0.1, 0.15) is 0 Å². The molecular weight excluding hydrogens is 276 g/mol. The Labute approximate surface area is 131 Å². The van der Waals surface area contributed by atoms with Crippen LogP contribution in [0.1, 0.15) is 43.7 Å². The van der Waals surface area contributed by atoms with Gasteiger partial charge < -0.3 is 10.6 Å². The Bertz CT molecular complexity index is 698. The van der Waals surface area contributed by atoms with Gasteiger partial charge in [0.25, 0.3) is 0 Å². The number of imidazole rings is 1. The molecular formula is C17H25N4O+. The highest BCUT2D eigenvalue weighted by atomic mass is 16.2. The second-order valence-corrected chi connectivity index (χ2v) is 5.88. The molecule has 5 heteroatoms. The molecule has 1 aromatic carbocycles. The van der Waals surface area contributed by atoms with E-state index in [1.54, 1.807) is 0 Å². The molecule has 1 saturated heterocycles. The van der Waals surface area contributed by atoms with Crippen LogP contribution in [0.4, 0.5) is 5.69 Å². The third-order valence-corrected chi connectivity index (χ3v) is 4.59. The number of aryl methyl sites for hydroxylation is 2. The van der Waals surface area contributed by atoms with Crippen molar-refractivity contribution in [3.63, 3.8) is 0 Å². The van der Waals surface area contributed by atoms with Gasteiger partial charge in [0.05, 0.1) is 18.8 Å². The van der Waals surface area contributed by atoms with Gasteiger partial charge >= 0.3 is 11.7 Å². The molecule has 0 radical (unpaired) electrons. The number of para-hydroxylation sites is 1. The lowest BCUT2D eigenvalue weighted by molar-refractivity contribution is -0.670. The lowest BCUT2D eigenvalue weighted by atomic mass is 10.1. The SMILES string of the molecule is CCn1c(C(=O)N2CCCCC2)[n+](CC)c2c(N)cccc21. The van der Waals surface area contributed by atoms with E-state index >= 15 is 0 Å². The van der Waals surface area contributed by atoms with Crippen LogP contribution in [0.15, 0.2) is 18.2 Å². The summed E-state index contributed by atoms with van der Waals surface area (Å²) in [5.74, 6) is 0.902. The molecule has 118 valence electrons. The normalized spacial score (nSPS) is 15.5. The number of piperidine rings is 1. The molecule has 2 aromatic rings. The van der Waals surface area contributed by atoms with Gasteiger partial charge in [-0.3, -0.25) is 4.79 Å². The molecule has 0 bridgehead atoms. The van der Waals surface area contributed by atoms with Crippen LogP contribution in [0.2, 0.25) is 0 Å². The molecule has 0 aliphatic carbocycles. The topological polar surface area (TPSA) is 55.1 Å². The second kappa shape index (κ2) is 5.99. The van der Waals surface area contributed by atoms with Crippen LogP contribution in [-0.4, -0.2) is 28.5 Å². The van der Waals surface area contributed by atoms with Crippen molar-refractivity contribution in [2.45, 2.75) is 46.2 Å². The van der Waals surface area contributed by atoms with Gasteiger partial charge in [-0.25, -0.2) is 9.13 Å². The molecule has 1 aliphatic rings. The quantitative estimate of drug-likeness (QED) is 0.698. The van der Waals surface area contributed by atoms with Crippen LogP contribution in [0.5, 0.6) is 0 Å². The van der Waals surface area contributed by atoms with Crippen LogP contribution in [0.25, 0.3) is 11.0 Å². The molecule has 0 unspecified atom stereocenters. The first-order valence-electron chi connectivity index (χ1n) is 8.28. The number of rotatable bonds is 3. The summed E-state index contributed by atoms with van der Waals surface area (Å²) in [6.07, 6.45) is 3.43. The standard InChI is InChI=1S/C17H24N4O/c1-3-20-14-10-8-9-13(18)15(14)21(4-2)16(20)17(22)19-11-6-5-7-12-19/h8-10H,3-7,11-12H2,1-2H3,(H-,18,22)/p+1. The van der Waals surface area contributed by atoms with E-state index in [0.717, 1.165) is 61.6 Å². The van der Waals surface area contributed by atoms with Crippen molar-refractivity contribution < 1.29 is 9.36 Å². The molecule has 1 amide bonds. The minimum absolute atomic E-state index is 0.138. The van der Waals surface area contributed by atoms with Crippen molar-refractivity contribution in [2.24, 2.45) is 0 Å². The average molecular weight is 301 g/mol. The number of benzene rings is 1. The van der Waals surface area contributed by atoms with E-state index in [9.17, 15) is 4.79 Å². The molecule has 22 heavy (non-hydrogen) atoms. The van der Waals surface area contributed by atoms with Crippen molar-refractivity contribution >= 4 is 22.6 Å². The third-order valence-electron chi connectivity index (χ3n) is 4.59. The molecule has 1 aliphatic heterocycles. The van der Waals surface area contributed by atoms with E-state index in [4.69, 9.17) is 5.73 Å². The van der Waals surface area contributed by atoms with E-state index in [1.807, 2.05) is 23.1 Å². The van der Waals surface area contributed by atoms with Gasteiger partial charge in [0.15, 0.2) is 11.0 Å². The summed E-state index contributed by atoms with van der Waals surface area (Å²) in [5.41, 5.74) is 8.95. The zero-order chi connectivity index (χ0) is 15.7. The number of nitrogens with two attached hydrogens (primary N) is 1. The number of aromatic nitrogens is 2. The number of likely N-dealkylation sites (tertiary alicyclic amines) is 1. The first kappa shape index (κ1) is 14.9. The van der Waals surface area contributed by atoms with Gasteiger partial charge in [-0.2, -0.15) is 0 Å². The van der Waals surface area contributed by atoms with Crippen molar-refractivity contribution in [3.05, 3.63) is 24.0 Å². The number of nitrogen functional groups attached to an aromatic ring is 1. The van der Waals surface area contributed by atoms with Crippen molar-refractivity contribution in [3.8, 4) is 0 Å². The van der Waals surface area contributed by atoms with Crippen LogP contribution in [0.3, 0.4) is 0 Å². The number of carbonyl (C=O) groups is 1. The highest BCUT2D eigenvalue weighted by Gasteiger charge is 2.34. The number of anilines is 1. The van der Waals surface area contributed by atoms with E-state index in [0.29, 0.717) is 0 Å². The van der Waals surface area contributed by atoms with Crippen LogP contribution in [-0.2, 0) is 13.1 Å². The lowest BCUT2D eigenvalue weighted by Gasteiger charge is -2.25. The summed E-state index contributed by atoms with van der Waals surface area (Å²) >= 11 is 0. The predicted octanol–water partition coefficient (Wildman–Crippen LogP) is 2.18. The number of amides is 1. The van der Waals surface area contributed by atoms with Gasteiger partial charge in [0, 0.05) is 13.1 Å². The number of nitrogens with zero attached hydrogens (tertiary/aromatic N) is 3. The number of hydrogen-bond donors (Lipinski definition) is 1. The molecule has 5 nitrogen and oxygen atoms in total. The molecule has 3 rings (SSSR count). The molecule has 1 aromatic heterocycles. The summed E-state index contributed by atoms with van der Waals surface area (Å²) in [4.78, 5) is 15.1. The summed E-state index contributed by atoms with van der Waals surface area (Å²) in [6, 6.07) is 5.91. The van der Waals surface area contributed by atoms with Crippen molar-refractivity contribution in [2.75, 3.05) is 18.8 Å². The maximum Gasteiger partial charge on any atom is 0.349 e. The molecule has 1 fully saturated rings. The molecule has 2 N–H and O–H groups in total. The Morgan fingerprint density at radius 3 is 2.59 bits per heavy atom. The van der Waals surface area contributed by atoms with Crippen LogP contribution in [0, 0.1) is 0 Å². The molecule has 0 saturated carbocycles. The number of hydrogen-bond acceptors (Lipinski definition) is 2. The Morgan fingerprint density at radius 2 is 1.95 bits per heavy atom. The Balaban J connectivity index is 2.19. The third kappa shape index (κ3) is 2.25. The summed E-state index contributed by atoms with van der Waals surface area (Å²) in [6.45, 7) is 7.38. The lowest BCUT2D eigenvalue weighted by Crippen LogP contribution is -2.46.